The van der Waals surface area contributed by atoms with E-state index in [1.165, 1.54) is 10.6 Å². The molecule has 0 aliphatic heterocycles. The molecule has 2 aromatic heterocycles. The average molecular weight is 246 g/mol. The lowest BCUT2D eigenvalue weighted by Gasteiger charge is -2.00. The molecular weight excluding hydrogens is 232 g/mol. The molecule has 0 aliphatic rings. The Labute approximate surface area is 105 Å². The van der Waals surface area contributed by atoms with Crippen molar-refractivity contribution in [3.8, 4) is 11.8 Å². The van der Waals surface area contributed by atoms with Crippen LogP contribution < -0.4 is 0 Å². The molecule has 0 amide bonds. The minimum Gasteiger partial charge on any atom is -0.384 e. The average Bonchev–Trinajstić information content (AvgIpc) is 2.84. The van der Waals surface area contributed by atoms with Crippen LogP contribution in [0.5, 0.6) is 0 Å². The summed E-state index contributed by atoms with van der Waals surface area (Å²) in [7, 11) is 0. The predicted octanol–water partition coefficient (Wildman–Crippen LogP) is 1.95. The van der Waals surface area contributed by atoms with Gasteiger partial charge in [-0.15, -0.1) is 11.3 Å². The predicted molar refractivity (Wildman–Crippen MR) is 69.1 cm³/mol. The molecular formula is C13H14N2OS. The van der Waals surface area contributed by atoms with Gasteiger partial charge in [0.1, 0.15) is 6.61 Å². The molecule has 0 saturated carbocycles. The Bertz CT molecular complexity index is 572. The van der Waals surface area contributed by atoms with Gasteiger partial charge in [0, 0.05) is 10.6 Å². The van der Waals surface area contributed by atoms with Crippen LogP contribution in [0.3, 0.4) is 0 Å². The number of aryl methyl sites for hydroxylation is 2. The Balaban J connectivity index is 2.14. The van der Waals surface area contributed by atoms with Crippen molar-refractivity contribution < 1.29 is 5.11 Å². The van der Waals surface area contributed by atoms with Gasteiger partial charge in [0.2, 0.25) is 0 Å². The molecule has 3 nitrogen and oxygen atoms in total. The summed E-state index contributed by atoms with van der Waals surface area (Å²) in [6, 6.07) is 6.11. The lowest BCUT2D eigenvalue weighted by molar-refractivity contribution is 0.350. The van der Waals surface area contributed by atoms with Gasteiger partial charge in [-0.2, -0.15) is 5.10 Å². The standard InChI is InChI=1S/C13H14N2OS/c1-10-8-11(2)15(14-10)9-13-6-5-12(17-13)4-3-7-16/h5-6,8,16H,7,9H2,1-2H3. The van der Waals surface area contributed by atoms with Crippen molar-refractivity contribution in [3.63, 3.8) is 0 Å². The number of hydrogen-bond donors (Lipinski definition) is 1. The van der Waals surface area contributed by atoms with Gasteiger partial charge in [-0.05, 0) is 32.0 Å². The smallest absolute Gasteiger partial charge is 0.104 e. The summed E-state index contributed by atoms with van der Waals surface area (Å²) in [5, 5.41) is 13.0. The van der Waals surface area contributed by atoms with Crippen LogP contribution in [0.2, 0.25) is 0 Å². The first-order valence-corrected chi connectivity index (χ1v) is 6.20. The Hall–Kier alpha value is -1.57. The molecule has 2 aromatic rings. The fourth-order valence-corrected chi connectivity index (χ4v) is 2.50. The second-order valence-electron chi connectivity index (χ2n) is 3.81. The van der Waals surface area contributed by atoms with E-state index in [0.29, 0.717) is 0 Å². The molecule has 17 heavy (non-hydrogen) atoms. The van der Waals surface area contributed by atoms with E-state index in [1.807, 2.05) is 17.7 Å². The van der Waals surface area contributed by atoms with Crippen LogP contribution in [0.1, 0.15) is 21.1 Å². The monoisotopic (exact) mass is 246 g/mol. The first kappa shape index (κ1) is 11.9. The topological polar surface area (TPSA) is 38.0 Å². The van der Waals surface area contributed by atoms with Crippen molar-refractivity contribution in [2.75, 3.05) is 6.61 Å². The molecule has 0 unspecified atom stereocenters. The van der Waals surface area contributed by atoms with Crippen LogP contribution in [0.4, 0.5) is 0 Å². The van der Waals surface area contributed by atoms with Gasteiger partial charge in [0.15, 0.2) is 0 Å². The zero-order chi connectivity index (χ0) is 12.3. The Morgan fingerprint density at radius 3 is 2.88 bits per heavy atom. The normalized spacial score (nSPS) is 10.1. The van der Waals surface area contributed by atoms with Crippen LogP contribution in [-0.4, -0.2) is 21.5 Å². The zero-order valence-electron chi connectivity index (χ0n) is 9.90. The maximum absolute atomic E-state index is 8.63. The number of aromatic nitrogens is 2. The van der Waals surface area contributed by atoms with Crippen LogP contribution in [0, 0.1) is 25.7 Å². The molecule has 0 atom stereocenters. The summed E-state index contributed by atoms with van der Waals surface area (Å²) < 4.78 is 1.99. The fraction of sp³-hybridized carbons (Fsp3) is 0.308. The summed E-state index contributed by atoms with van der Waals surface area (Å²) in [6.45, 7) is 4.74. The van der Waals surface area contributed by atoms with E-state index in [1.54, 1.807) is 11.3 Å². The van der Waals surface area contributed by atoms with Crippen molar-refractivity contribution in [1.29, 1.82) is 0 Å². The first-order valence-electron chi connectivity index (χ1n) is 5.38. The molecule has 0 radical (unpaired) electrons. The van der Waals surface area contributed by atoms with Crippen LogP contribution in [0.15, 0.2) is 18.2 Å². The molecule has 0 aliphatic carbocycles. The lowest BCUT2D eigenvalue weighted by atomic mass is 10.4. The van der Waals surface area contributed by atoms with Gasteiger partial charge in [-0.25, -0.2) is 0 Å². The zero-order valence-corrected chi connectivity index (χ0v) is 10.7. The third-order valence-electron chi connectivity index (χ3n) is 2.36. The van der Waals surface area contributed by atoms with Crippen LogP contribution in [0.25, 0.3) is 0 Å². The molecule has 2 rings (SSSR count). The second kappa shape index (κ2) is 5.17. The summed E-state index contributed by atoms with van der Waals surface area (Å²) >= 11 is 1.64. The highest BCUT2D eigenvalue weighted by Gasteiger charge is 2.03. The largest absolute Gasteiger partial charge is 0.384 e. The molecule has 0 aromatic carbocycles. The van der Waals surface area contributed by atoms with Gasteiger partial charge in [0.05, 0.1) is 17.1 Å². The number of aliphatic hydroxyl groups excluding tert-OH is 1. The van der Waals surface area contributed by atoms with Gasteiger partial charge in [-0.3, -0.25) is 4.68 Å². The summed E-state index contributed by atoms with van der Waals surface area (Å²) in [4.78, 5) is 2.20. The van der Waals surface area contributed by atoms with Crippen LogP contribution in [-0.2, 0) is 6.54 Å². The fourth-order valence-electron chi connectivity index (χ4n) is 1.64. The summed E-state index contributed by atoms with van der Waals surface area (Å²) in [6.07, 6.45) is 0. The van der Waals surface area contributed by atoms with E-state index in [4.69, 9.17) is 5.11 Å². The Morgan fingerprint density at radius 2 is 2.24 bits per heavy atom. The number of aliphatic hydroxyl groups is 1. The number of rotatable bonds is 2. The SMILES string of the molecule is Cc1cc(C)n(Cc2ccc(C#CCO)s2)n1. The second-order valence-corrected chi connectivity index (χ2v) is 4.98. The lowest BCUT2D eigenvalue weighted by Crippen LogP contribution is -2.02. The quantitative estimate of drug-likeness (QED) is 0.823. The van der Waals surface area contributed by atoms with Gasteiger partial charge in [0.25, 0.3) is 0 Å². The van der Waals surface area contributed by atoms with Crippen molar-refractivity contribution in [2.24, 2.45) is 0 Å². The van der Waals surface area contributed by atoms with E-state index in [0.717, 1.165) is 17.1 Å². The van der Waals surface area contributed by atoms with Gasteiger partial charge < -0.3 is 5.11 Å². The van der Waals surface area contributed by atoms with E-state index in [9.17, 15) is 0 Å². The van der Waals surface area contributed by atoms with Crippen molar-refractivity contribution in [1.82, 2.24) is 9.78 Å². The highest BCUT2D eigenvalue weighted by molar-refractivity contribution is 7.12. The molecule has 0 bridgehead atoms. The third-order valence-corrected chi connectivity index (χ3v) is 3.35. The Kier molecular flexibility index (Phi) is 3.62. The summed E-state index contributed by atoms with van der Waals surface area (Å²) in [5.74, 6) is 5.56. The van der Waals surface area contributed by atoms with E-state index >= 15 is 0 Å². The molecule has 4 heteroatoms. The Morgan fingerprint density at radius 1 is 1.41 bits per heavy atom. The van der Waals surface area contributed by atoms with Crippen molar-refractivity contribution in [2.45, 2.75) is 20.4 Å². The molecule has 0 saturated heterocycles. The van der Waals surface area contributed by atoms with Crippen LogP contribution >= 0.6 is 11.3 Å². The van der Waals surface area contributed by atoms with E-state index in [2.05, 4.69) is 36.0 Å². The van der Waals surface area contributed by atoms with Gasteiger partial charge in [-0.1, -0.05) is 11.8 Å². The first-order chi connectivity index (χ1) is 8.19. The van der Waals surface area contributed by atoms with E-state index in [-0.39, 0.29) is 6.61 Å². The minimum atomic E-state index is -0.0926. The summed E-state index contributed by atoms with van der Waals surface area (Å²) in [5.41, 5.74) is 2.21. The number of nitrogens with zero attached hydrogens (tertiary/aromatic N) is 2. The highest BCUT2D eigenvalue weighted by atomic mass is 32.1. The molecule has 88 valence electrons. The number of hydrogen-bond acceptors (Lipinski definition) is 3. The third kappa shape index (κ3) is 2.96. The van der Waals surface area contributed by atoms with E-state index < -0.39 is 0 Å². The molecule has 0 spiro atoms. The maximum Gasteiger partial charge on any atom is 0.104 e. The highest BCUT2D eigenvalue weighted by Crippen LogP contribution is 2.17. The maximum atomic E-state index is 8.63. The molecule has 0 fully saturated rings. The number of thiophene rings is 1. The minimum absolute atomic E-state index is 0.0926. The van der Waals surface area contributed by atoms with Crippen molar-refractivity contribution >= 4 is 11.3 Å². The molecule has 2 heterocycles. The van der Waals surface area contributed by atoms with Gasteiger partial charge >= 0.3 is 0 Å². The molecule has 1 N–H and O–H groups in total. The van der Waals surface area contributed by atoms with Crippen molar-refractivity contribution in [3.05, 3.63) is 39.3 Å².